The van der Waals surface area contributed by atoms with Crippen LogP contribution in [0.1, 0.15) is 20.8 Å². The van der Waals surface area contributed by atoms with Gasteiger partial charge in [-0.2, -0.15) is 4.80 Å². The Morgan fingerprint density at radius 2 is 1.85 bits per heavy atom. The molecular formula is C16H19ClN6O4. The van der Waals surface area contributed by atoms with Crippen molar-refractivity contribution in [3.05, 3.63) is 29.3 Å². The minimum absolute atomic E-state index is 0.316. The molecule has 0 unspecified atom stereocenters. The zero-order chi connectivity index (χ0) is 20.0. The lowest BCUT2D eigenvalue weighted by Gasteiger charge is -2.20. The lowest BCUT2D eigenvalue weighted by Crippen LogP contribution is -2.49. The highest BCUT2D eigenvalue weighted by Gasteiger charge is 2.17. The van der Waals surface area contributed by atoms with Gasteiger partial charge in [0.2, 0.25) is 5.82 Å². The zero-order valence-corrected chi connectivity index (χ0v) is 15.8. The van der Waals surface area contributed by atoms with E-state index in [1.165, 1.54) is 0 Å². The van der Waals surface area contributed by atoms with Crippen molar-refractivity contribution in [1.29, 1.82) is 0 Å². The summed E-state index contributed by atoms with van der Waals surface area (Å²) >= 11 is 5.82. The van der Waals surface area contributed by atoms with Gasteiger partial charge in [-0.3, -0.25) is 10.1 Å². The molecule has 3 amide bonds. The molecule has 0 spiro atoms. The fourth-order valence-electron chi connectivity index (χ4n) is 1.87. The summed E-state index contributed by atoms with van der Waals surface area (Å²) in [5.74, 6) is -1.18. The third-order valence-electron chi connectivity index (χ3n) is 2.93. The molecule has 0 radical (unpaired) electrons. The molecule has 2 rings (SSSR count). The van der Waals surface area contributed by atoms with Gasteiger partial charge < -0.3 is 10.1 Å². The Hall–Kier alpha value is -3.01. The van der Waals surface area contributed by atoms with E-state index in [-0.39, 0.29) is 6.54 Å². The maximum absolute atomic E-state index is 11.8. The molecule has 0 aliphatic heterocycles. The van der Waals surface area contributed by atoms with E-state index in [1.807, 2.05) is 0 Å². The third-order valence-corrected chi connectivity index (χ3v) is 3.18. The van der Waals surface area contributed by atoms with Crippen molar-refractivity contribution in [2.75, 3.05) is 6.61 Å². The van der Waals surface area contributed by atoms with Crippen molar-refractivity contribution < 1.29 is 19.1 Å². The molecule has 0 saturated carbocycles. The van der Waals surface area contributed by atoms with E-state index < -0.39 is 30.1 Å². The van der Waals surface area contributed by atoms with Gasteiger partial charge in [0.25, 0.3) is 5.91 Å². The van der Waals surface area contributed by atoms with Gasteiger partial charge in [0, 0.05) is 16.1 Å². The molecule has 27 heavy (non-hydrogen) atoms. The van der Waals surface area contributed by atoms with Crippen LogP contribution in [0.3, 0.4) is 0 Å². The summed E-state index contributed by atoms with van der Waals surface area (Å²) < 4.78 is 4.79. The molecule has 0 fully saturated rings. The molecule has 10 nitrogen and oxygen atoms in total. The van der Waals surface area contributed by atoms with Crippen LogP contribution in [0.2, 0.25) is 5.02 Å². The number of carbonyl (C=O) groups is 3. The van der Waals surface area contributed by atoms with Crippen LogP contribution in [0, 0.1) is 0 Å². The summed E-state index contributed by atoms with van der Waals surface area (Å²) in [7, 11) is 0. The number of imide groups is 1. The molecule has 144 valence electrons. The van der Waals surface area contributed by atoms with E-state index in [2.05, 4.69) is 26.0 Å². The van der Waals surface area contributed by atoms with Crippen molar-refractivity contribution in [1.82, 2.24) is 30.8 Å². The highest BCUT2D eigenvalue weighted by molar-refractivity contribution is 6.30. The van der Waals surface area contributed by atoms with Gasteiger partial charge in [-0.25, -0.2) is 9.59 Å². The molecular weight excluding hydrogens is 376 g/mol. The van der Waals surface area contributed by atoms with Gasteiger partial charge in [0.15, 0.2) is 13.2 Å². The number of rotatable bonds is 5. The Morgan fingerprint density at radius 1 is 1.19 bits per heavy atom. The van der Waals surface area contributed by atoms with E-state index in [4.69, 9.17) is 16.3 Å². The summed E-state index contributed by atoms with van der Waals surface area (Å²) in [5.41, 5.74) is 0.185. The van der Waals surface area contributed by atoms with Crippen LogP contribution in [0.5, 0.6) is 0 Å². The first-order valence-corrected chi connectivity index (χ1v) is 8.31. The highest BCUT2D eigenvalue weighted by Crippen LogP contribution is 2.16. The second-order valence-corrected chi connectivity index (χ2v) is 7.00. The lowest BCUT2D eigenvalue weighted by atomic mass is 10.1. The lowest BCUT2D eigenvalue weighted by molar-refractivity contribution is -0.149. The predicted octanol–water partition coefficient (Wildman–Crippen LogP) is 1.16. The number of urea groups is 1. The molecule has 0 saturated heterocycles. The minimum Gasteiger partial charge on any atom is -0.454 e. The van der Waals surface area contributed by atoms with E-state index in [9.17, 15) is 14.4 Å². The number of carbonyl (C=O) groups excluding carboxylic acids is 3. The highest BCUT2D eigenvalue weighted by atomic mass is 35.5. The number of hydrogen-bond acceptors (Lipinski definition) is 7. The average Bonchev–Trinajstić information content (AvgIpc) is 3.00. The number of benzene rings is 1. The molecule has 2 N–H and O–H groups in total. The van der Waals surface area contributed by atoms with E-state index in [0.29, 0.717) is 16.4 Å². The number of aromatic nitrogens is 4. The molecule has 0 atom stereocenters. The fraction of sp³-hybridized carbons (Fsp3) is 0.375. The molecule has 0 aliphatic carbocycles. The van der Waals surface area contributed by atoms with Crippen LogP contribution in [0.25, 0.3) is 11.4 Å². The Bertz CT molecular complexity index is 828. The quantitative estimate of drug-likeness (QED) is 0.728. The van der Waals surface area contributed by atoms with Crippen molar-refractivity contribution in [3.63, 3.8) is 0 Å². The van der Waals surface area contributed by atoms with Crippen LogP contribution in [-0.4, -0.2) is 50.3 Å². The van der Waals surface area contributed by atoms with E-state index >= 15 is 0 Å². The van der Waals surface area contributed by atoms with Gasteiger partial charge in [0.1, 0.15) is 0 Å². The Labute approximate surface area is 160 Å². The number of halogens is 1. The van der Waals surface area contributed by atoms with Crippen molar-refractivity contribution in [2.45, 2.75) is 32.9 Å². The number of nitrogens with zero attached hydrogens (tertiary/aromatic N) is 4. The number of hydrogen-bond donors (Lipinski definition) is 2. The molecule has 1 aromatic carbocycles. The summed E-state index contributed by atoms with van der Waals surface area (Å²) in [6.07, 6.45) is 0. The topological polar surface area (TPSA) is 128 Å². The zero-order valence-electron chi connectivity index (χ0n) is 15.0. The molecule has 2 aromatic rings. The smallest absolute Gasteiger partial charge is 0.330 e. The monoisotopic (exact) mass is 394 g/mol. The second kappa shape index (κ2) is 8.58. The number of tetrazole rings is 1. The summed E-state index contributed by atoms with van der Waals surface area (Å²) in [6.45, 7) is 4.36. The van der Waals surface area contributed by atoms with E-state index in [1.54, 1.807) is 45.0 Å². The third kappa shape index (κ3) is 7.02. The molecule has 0 aliphatic rings. The first-order chi connectivity index (χ1) is 12.6. The fourth-order valence-corrected chi connectivity index (χ4v) is 1.99. The maximum atomic E-state index is 11.8. The summed E-state index contributed by atoms with van der Waals surface area (Å²) in [6, 6.07) is 6.12. The van der Waals surface area contributed by atoms with Crippen LogP contribution in [0.15, 0.2) is 24.3 Å². The first kappa shape index (κ1) is 20.3. The molecule has 0 bridgehead atoms. The van der Waals surface area contributed by atoms with Gasteiger partial charge in [0.05, 0.1) is 0 Å². The minimum atomic E-state index is -0.751. The summed E-state index contributed by atoms with van der Waals surface area (Å²) in [4.78, 5) is 36.0. The van der Waals surface area contributed by atoms with Gasteiger partial charge in [-0.05, 0) is 50.3 Å². The Balaban J connectivity index is 1.80. The number of esters is 1. The van der Waals surface area contributed by atoms with E-state index in [0.717, 1.165) is 4.80 Å². The summed E-state index contributed by atoms with van der Waals surface area (Å²) in [5, 5.41) is 16.8. The van der Waals surface area contributed by atoms with Crippen molar-refractivity contribution >= 4 is 29.5 Å². The SMILES string of the molecule is CC(C)(C)NC(=O)NC(=O)COC(=O)Cn1nnc(-c2ccc(Cl)cc2)n1. The van der Waals surface area contributed by atoms with Crippen LogP contribution >= 0.6 is 11.6 Å². The Morgan fingerprint density at radius 3 is 2.48 bits per heavy atom. The van der Waals surface area contributed by atoms with Crippen LogP contribution in [-0.2, 0) is 20.9 Å². The maximum Gasteiger partial charge on any atom is 0.330 e. The molecule has 1 aromatic heterocycles. The molecule has 1 heterocycles. The molecule has 11 heteroatoms. The number of nitrogens with one attached hydrogen (secondary N) is 2. The average molecular weight is 395 g/mol. The van der Waals surface area contributed by atoms with Crippen molar-refractivity contribution in [3.8, 4) is 11.4 Å². The van der Waals surface area contributed by atoms with Crippen LogP contribution < -0.4 is 10.6 Å². The second-order valence-electron chi connectivity index (χ2n) is 6.56. The number of ether oxygens (including phenoxy) is 1. The largest absolute Gasteiger partial charge is 0.454 e. The van der Waals surface area contributed by atoms with Crippen molar-refractivity contribution in [2.24, 2.45) is 0 Å². The van der Waals surface area contributed by atoms with Gasteiger partial charge in [-0.15, -0.1) is 10.2 Å². The standard InChI is InChI=1S/C16H19ClN6O4/c1-16(2,3)19-15(26)18-12(24)9-27-13(25)8-23-21-14(20-22-23)10-4-6-11(17)7-5-10/h4-7H,8-9H2,1-3H3,(H2,18,19,24,26). The van der Waals surface area contributed by atoms with Crippen LogP contribution in [0.4, 0.5) is 4.79 Å². The van der Waals surface area contributed by atoms with Gasteiger partial charge in [-0.1, -0.05) is 11.6 Å². The normalized spacial score (nSPS) is 11.0. The number of amides is 3. The first-order valence-electron chi connectivity index (χ1n) is 7.94. The predicted molar refractivity (Wildman–Crippen MR) is 95.6 cm³/mol. The Kier molecular flexibility index (Phi) is 6.45. The van der Waals surface area contributed by atoms with Gasteiger partial charge >= 0.3 is 12.0 Å².